The lowest BCUT2D eigenvalue weighted by atomic mass is 10.0. The molecular formula is C12H12ClN3. The molecule has 0 saturated carbocycles. The van der Waals surface area contributed by atoms with Gasteiger partial charge in [0.2, 0.25) is 0 Å². The van der Waals surface area contributed by atoms with Crippen LogP contribution in [0.15, 0.2) is 42.7 Å². The largest absolute Gasteiger partial charge is 0.322 e. The molecule has 0 amide bonds. The third-order valence-corrected chi connectivity index (χ3v) is 2.54. The molecule has 2 N–H and O–H groups in total. The Morgan fingerprint density at radius 1 is 1.19 bits per heavy atom. The van der Waals surface area contributed by atoms with Gasteiger partial charge in [0.15, 0.2) is 0 Å². The van der Waals surface area contributed by atoms with Crippen molar-refractivity contribution in [2.24, 2.45) is 5.73 Å². The van der Waals surface area contributed by atoms with Gasteiger partial charge in [0, 0.05) is 0 Å². The van der Waals surface area contributed by atoms with Gasteiger partial charge in [-0.05, 0) is 18.1 Å². The molecule has 1 heterocycles. The van der Waals surface area contributed by atoms with Gasteiger partial charge in [-0.2, -0.15) is 0 Å². The number of nitrogens with two attached hydrogens (primary N) is 1. The molecule has 0 aliphatic carbocycles. The predicted octanol–water partition coefficient (Wildman–Crippen LogP) is 2.37. The highest BCUT2D eigenvalue weighted by Crippen LogP contribution is 2.15. The fraction of sp³-hybridized carbons (Fsp3) is 0.167. The summed E-state index contributed by atoms with van der Waals surface area (Å²) in [7, 11) is 0. The molecule has 2 rings (SSSR count). The molecule has 0 spiro atoms. The second kappa shape index (κ2) is 5.05. The highest BCUT2D eigenvalue weighted by molar-refractivity contribution is 6.29. The molecule has 0 aliphatic heterocycles. The van der Waals surface area contributed by atoms with E-state index >= 15 is 0 Å². The highest BCUT2D eigenvalue weighted by atomic mass is 35.5. The summed E-state index contributed by atoms with van der Waals surface area (Å²) < 4.78 is 0. The third-order valence-electron chi connectivity index (χ3n) is 2.33. The zero-order chi connectivity index (χ0) is 11.4. The van der Waals surface area contributed by atoms with Crippen LogP contribution in [0.4, 0.5) is 0 Å². The number of rotatable bonds is 3. The third kappa shape index (κ3) is 2.78. The number of aromatic nitrogens is 2. The van der Waals surface area contributed by atoms with E-state index in [0.717, 1.165) is 12.1 Å². The fourth-order valence-electron chi connectivity index (χ4n) is 1.52. The Morgan fingerprint density at radius 2 is 1.94 bits per heavy atom. The zero-order valence-electron chi connectivity index (χ0n) is 8.68. The van der Waals surface area contributed by atoms with E-state index < -0.39 is 0 Å². The molecule has 82 valence electrons. The van der Waals surface area contributed by atoms with Gasteiger partial charge in [-0.1, -0.05) is 41.9 Å². The van der Waals surface area contributed by atoms with Crippen LogP contribution in [0.25, 0.3) is 0 Å². The summed E-state index contributed by atoms with van der Waals surface area (Å²) in [5.74, 6) is 0. The van der Waals surface area contributed by atoms with Crippen molar-refractivity contribution in [3.63, 3.8) is 0 Å². The van der Waals surface area contributed by atoms with Gasteiger partial charge >= 0.3 is 0 Å². The SMILES string of the molecule is NC(Cc1ccccc1)c1cc(Cl)ncn1. The van der Waals surface area contributed by atoms with Gasteiger partial charge < -0.3 is 5.73 Å². The molecule has 0 fully saturated rings. The monoisotopic (exact) mass is 233 g/mol. The molecule has 1 aromatic heterocycles. The molecule has 0 aliphatic rings. The zero-order valence-corrected chi connectivity index (χ0v) is 9.43. The van der Waals surface area contributed by atoms with Crippen molar-refractivity contribution in [3.05, 3.63) is 59.1 Å². The van der Waals surface area contributed by atoms with E-state index in [2.05, 4.69) is 9.97 Å². The topological polar surface area (TPSA) is 51.8 Å². The van der Waals surface area contributed by atoms with Gasteiger partial charge in [-0.15, -0.1) is 0 Å². The smallest absolute Gasteiger partial charge is 0.132 e. The average Bonchev–Trinajstić information content (AvgIpc) is 2.30. The van der Waals surface area contributed by atoms with E-state index in [1.54, 1.807) is 6.07 Å². The molecular weight excluding hydrogens is 222 g/mol. The average molecular weight is 234 g/mol. The Bertz CT molecular complexity index is 459. The predicted molar refractivity (Wildman–Crippen MR) is 64.1 cm³/mol. The molecule has 1 aromatic carbocycles. The van der Waals surface area contributed by atoms with Gasteiger partial charge in [0.1, 0.15) is 11.5 Å². The lowest BCUT2D eigenvalue weighted by Crippen LogP contribution is -2.15. The number of nitrogens with zero attached hydrogens (tertiary/aromatic N) is 2. The summed E-state index contributed by atoms with van der Waals surface area (Å²) in [5.41, 5.74) is 8.00. The van der Waals surface area contributed by atoms with E-state index in [0.29, 0.717) is 5.15 Å². The summed E-state index contributed by atoms with van der Waals surface area (Å²) in [6, 6.07) is 11.6. The minimum absolute atomic E-state index is 0.150. The van der Waals surface area contributed by atoms with Crippen molar-refractivity contribution in [1.82, 2.24) is 9.97 Å². The fourth-order valence-corrected chi connectivity index (χ4v) is 1.68. The first-order chi connectivity index (χ1) is 7.75. The molecule has 4 heteroatoms. The van der Waals surface area contributed by atoms with Crippen LogP contribution in [-0.2, 0) is 6.42 Å². The second-order valence-electron chi connectivity index (χ2n) is 3.56. The summed E-state index contributed by atoms with van der Waals surface area (Å²) in [4.78, 5) is 7.94. The molecule has 1 atom stereocenters. The lowest BCUT2D eigenvalue weighted by molar-refractivity contribution is 0.693. The van der Waals surface area contributed by atoms with Crippen LogP contribution in [0.3, 0.4) is 0 Å². The van der Waals surface area contributed by atoms with Crippen molar-refractivity contribution >= 4 is 11.6 Å². The first-order valence-corrected chi connectivity index (χ1v) is 5.40. The Labute approximate surface area is 99.3 Å². The van der Waals surface area contributed by atoms with E-state index in [1.807, 2.05) is 30.3 Å². The number of hydrogen-bond donors (Lipinski definition) is 1. The minimum atomic E-state index is -0.150. The molecule has 2 aromatic rings. The van der Waals surface area contributed by atoms with Crippen molar-refractivity contribution in [2.45, 2.75) is 12.5 Å². The molecule has 16 heavy (non-hydrogen) atoms. The van der Waals surface area contributed by atoms with E-state index in [9.17, 15) is 0 Å². The van der Waals surface area contributed by atoms with Crippen molar-refractivity contribution < 1.29 is 0 Å². The molecule has 0 bridgehead atoms. The summed E-state index contributed by atoms with van der Waals surface area (Å²) in [6.07, 6.45) is 2.18. The van der Waals surface area contributed by atoms with Crippen LogP contribution < -0.4 is 5.73 Å². The van der Waals surface area contributed by atoms with Crippen LogP contribution >= 0.6 is 11.6 Å². The van der Waals surface area contributed by atoms with Crippen LogP contribution in [0, 0.1) is 0 Å². The van der Waals surface area contributed by atoms with Crippen LogP contribution in [0.2, 0.25) is 5.15 Å². The summed E-state index contributed by atoms with van der Waals surface area (Å²) in [5, 5.41) is 0.425. The Hall–Kier alpha value is -1.45. The van der Waals surface area contributed by atoms with Crippen LogP contribution in [0.5, 0.6) is 0 Å². The maximum absolute atomic E-state index is 6.05. The standard InChI is InChI=1S/C12H12ClN3/c13-12-7-11(15-8-16-12)10(14)6-9-4-2-1-3-5-9/h1-5,7-8,10H,6,14H2. The Balaban J connectivity index is 2.12. The molecule has 3 nitrogen and oxygen atoms in total. The minimum Gasteiger partial charge on any atom is -0.322 e. The van der Waals surface area contributed by atoms with E-state index in [4.69, 9.17) is 17.3 Å². The quantitative estimate of drug-likeness (QED) is 0.829. The van der Waals surface area contributed by atoms with Gasteiger partial charge in [0.05, 0.1) is 11.7 Å². The van der Waals surface area contributed by atoms with Gasteiger partial charge in [-0.25, -0.2) is 9.97 Å². The number of benzene rings is 1. The van der Waals surface area contributed by atoms with Crippen LogP contribution in [-0.4, -0.2) is 9.97 Å². The normalized spacial score (nSPS) is 12.4. The molecule has 0 radical (unpaired) electrons. The Morgan fingerprint density at radius 3 is 2.62 bits per heavy atom. The van der Waals surface area contributed by atoms with E-state index in [1.165, 1.54) is 11.9 Å². The van der Waals surface area contributed by atoms with E-state index in [-0.39, 0.29) is 6.04 Å². The number of hydrogen-bond acceptors (Lipinski definition) is 3. The Kier molecular flexibility index (Phi) is 3.49. The van der Waals surface area contributed by atoms with Crippen molar-refractivity contribution in [2.75, 3.05) is 0 Å². The summed E-state index contributed by atoms with van der Waals surface area (Å²) >= 11 is 5.79. The highest BCUT2D eigenvalue weighted by Gasteiger charge is 2.08. The molecule has 0 saturated heterocycles. The summed E-state index contributed by atoms with van der Waals surface area (Å²) in [6.45, 7) is 0. The molecule has 1 unspecified atom stereocenters. The lowest BCUT2D eigenvalue weighted by Gasteiger charge is -2.10. The maximum Gasteiger partial charge on any atom is 0.132 e. The van der Waals surface area contributed by atoms with Gasteiger partial charge in [-0.3, -0.25) is 0 Å². The second-order valence-corrected chi connectivity index (χ2v) is 3.95. The van der Waals surface area contributed by atoms with Gasteiger partial charge in [0.25, 0.3) is 0 Å². The van der Waals surface area contributed by atoms with Crippen molar-refractivity contribution in [3.8, 4) is 0 Å². The first-order valence-electron chi connectivity index (χ1n) is 5.02. The van der Waals surface area contributed by atoms with Crippen LogP contribution in [0.1, 0.15) is 17.3 Å². The number of halogens is 1. The first kappa shape index (κ1) is 11.0. The van der Waals surface area contributed by atoms with Crippen molar-refractivity contribution in [1.29, 1.82) is 0 Å². The maximum atomic E-state index is 6.05.